The minimum absolute atomic E-state index is 0.0183. The van der Waals surface area contributed by atoms with Crippen LogP contribution in [0.1, 0.15) is 32.3 Å². The Morgan fingerprint density at radius 2 is 1.62 bits per heavy atom. The third-order valence-electron chi connectivity index (χ3n) is 6.24. The molecule has 8 nitrogen and oxygen atoms in total. The molecule has 0 aliphatic heterocycles. The van der Waals surface area contributed by atoms with E-state index >= 15 is 0 Å². The van der Waals surface area contributed by atoms with Crippen LogP contribution in [0.5, 0.6) is 5.75 Å². The summed E-state index contributed by atoms with van der Waals surface area (Å²) in [5, 5.41) is 3.04. The summed E-state index contributed by atoms with van der Waals surface area (Å²) in [6, 6.07) is 20.6. The van der Waals surface area contributed by atoms with Gasteiger partial charge in [0.05, 0.1) is 22.7 Å². The molecule has 0 radical (unpaired) electrons. The van der Waals surface area contributed by atoms with Gasteiger partial charge in [0.1, 0.15) is 18.3 Å². The van der Waals surface area contributed by atoms with Crippen LogP contribution in [0, 0.1) is 0 Å². The van der Waals surface area contributed by atoms with Gasteiger partial charge in [-0.2, -0.15) is 0 Å². The second-order valence-corrected chi connectivity index (χ2v) is 11.2. The summed E-state index contributed by atoms with van der Waals surface area (Å²) in [5.74, 6) is -0.218. The molecule has 0 fully saturated rings. The predicted molar refractivity (Wildman–Crippen MR) is 153 cm³/mol. The van der Waals surface area contributed by atoms with E-state index in [0.29, 0.717) is 12.3 Å². The fraction of sp³-hybridized carbons (Fsp3) is 0.310. The van der Waals surface area contributed by atoms with Crippen LogP contribution in [0.25, 0.3) is 0 Å². The summed E-state index contributed by atoms with van der Waals surface area (Å²) in [7, 11) is -2.61. The third kappa shape index (κ3) is 7.74. The number of unbranched alkanes of at least 4 members (excludes halogenated alkanes) is 1. The predicted octanol–water partition coefficient (Wildman–Crippen LogP) is 4.88. The third-order valence-corrected chi connectivity index (χ3v) is 8.33. The van der Waals surface area contributed by atoms with Crippen molar-refractivity contribution in [2.75, 3.05) is 24.5 Å². The molecule has 0 saturated carbocycles. The van der Waals surface area contributed by atoms with Crippen LogP contribution in [-0.4, -0.2) is 51.4 Å². The molecule has 3 aromatic rings. The number of halogens is 1. The summed E-state index contributed by atoms with van der Waals surface area (Å²) >= 11 is 6.41. The van der Waals surface area contributed by atoms with Crippen molar-refractivity contribution in [3.8, 4) is 5.75 Å². The lowest BCUT2D eigenvalue weighted by atomic mass is 10.1. The van der Waals surface area contributed by atoms with E-state index in [2.05, 4.69) is 5.32 Å². The summed E-state index contributed by atoms with van der Waals surface area (Å²) in [4.78, 5) is 28.3. The number of nitrogens with zero attached hydrogens (tertiary/aromatic N) is 2. The average molecular weight is 572 g/mol. The Balaban J connectivity index is 1.99. The van der Waals surface area contributed by atoms with Crippen molar-refractivity contribution < 1.29 is 22.7 Å². The monoisotopic (exact) mass is 571 g/mol. The molecule has 3 aromatic carbocycles. The Morgan fingerprint density at radius 3 is 2.23 bits per heavy atom. The smallest absolute Gasteiger partial charge is 0.264 e. The number of anilines is 1. The fourth-order valence-electron chi connectivity index (χ4n) is 3.93. The van der Waals surface area contributed by atoms with Gasteiger partial charge in [-0.25, -0.2) is 8.42 Å². The van der Waals surface area contributed by atoms with Crippen LogP contribution in [0.15, 0.2) is 83.8 Å². The lowest BCUT2D eigenvalue weighted by Crippen LogP contribution is -2.51. The number of hydrogen-bond acceptors (Lipinski definition) is 5. The zero-order valence-electron chi connectivity index (χ0n) is 22.3. The van der Waals surface area contributed by atoms with E-state index in [0.717, 1.165) is 22.7 Å². The minimum Gasteiger partial charge on any atom is -0.497 e. The van der Waals surface area contributed by atoms with Crippen LogP contribution < -0.4 is 14.4 Å². The molecule has 1 N–H and O–H groups in total. The number of methoxy groups -OCH3 is 1. The number of carbonyl (C=O) groups excluding carboxylic acids is 2. The molecule has 10 heteroatoms. The van der Waals surface area contributed by atoms with Crippen LogP contribution >= 0.6 is 11.6 Å². The van der Waals surface area contributed by atoms with Gasteiger partial charge < -0.3 is 15.0 Å². The van der Waals surface area contributed by atoms with E-state index in [9.17, 15) is 18.0 Å². The van der Waals surface area contributed by atoms with E-state index in [4.69, 9.17) is 16.3 Å². The van der Waals surface area contributed by atoms with Gasteiger partial charge >= 0.3 is 0 Å². The van der Waals surface area contributed by atoms with Crippen molar-refractivity contribution in [3.63, 3.8) is 0 Å². The number of carbonyl (C=O) groups is 2. The van der Waals surface area contributed by atoms with Crippen LogP contribution in [0.3, 0.4) is 0 Å². The summed E-state index contributed by atoms with van der Waals surface area (Å²) < 4.78 is 33.7. The molecule has 1 atom stereocenters. The number of benzene rings is 3. The Morgan fingerprint density at radius 1 is 0.974 bits per heavy atom. The number of para-hydroxylation sites is 1. The largest absolute Gasteiger partial charge is 0.497 e. The maximum atomic E-state index is 13.9. The fourth-order valence-corrected chi connectivity index (χ4v) is 5.68. The minimum atomic E-state index is -4.17. The van der Waals surface area contributed by atoms with Gasteiger partial charge in [0.25, 0.3) is 10.0 Å². The highest BCUT2D eigenvalue weighted by Crippen LogP contribution is 2.30. The van der Waals surface area contributed by atoms with E-state index < -0.39 is 28.5 Å². The first-order valence-electron chi connectivity index (χ1n) is 12.7. The SMILES string of the molecule is CCCCNC(=O)[C@@H](C)N(Cc1ccc(OC)cc1)C(=O)CN(c1ccccc1Cl)S(=O)(=O)c1ccccc1. The molecule has 2 amide bonds. The van der Waals surface area contributed by atoms with Crippen molar-refractivity contribution in [1.29, 1.82) is 0 Å². The first-order valence-corrected chi connectivity index (χ1v) is 14.5. The number of hydrogen-bond donors (Lipinski definition) is 1. The molecule has 0 heterocycles. The first kappa shape index (κ1) is 30.0. The van der Waals surface area contributed by atoms with Gasteiger partial charge in [0.2, 0.25) is 11.8 Å². The Kier molecular flexibility index (Phi) is 10.8. The normalized spacial score (nSPS) is 11.9. The lowest BCUT2D eigenvalue weighted by molar-refractivity contribution is -0.139. The molecule has 0 aliphatic carbocycles. The van der Waals surface area contributed by atoms with Gasteiger partial charge in [-0.3, -0.25) is 13.9 Å². The molecule has 0 spiro atoms. The van der Waals surface area contributed by atoms with Gasteiger partial charge in [-0.1, -0.05) is 67.4 Å². The maximum absolute atomic E-state index is 13.9. The standard InChI is InChI=1S/C29H34ClN3O5S/c1-4-5-19-31-29(35)22(2)32(20-23-15-17-24(38-3)18-16-23)28(34)21-33(27-14-10-9-13-26(27)30)39(36,37)25-11-7-6-8-12-25/h6-18,22H,4-5,19-21H2,1-3H3,(H,31,35)/t22-/m1/s1. The number of ether oxygens (including phenoxy) is 1. The highest BCUT2D eigenvalue weighted by Gasteiger charge is 2.33. The molecule has 3 rings (SSSR count). The average Bonchev–Trinajstić information content (AvgIpc) is 2.95. The summed E-state index contributed by atoms with van der Waals surface area (Å²) in [5.41, 5.74) is 0.924. The molecular formula is C29H34ClN3O5S. The van der Waals surface area contributed by atoms with Crippen LogP contribution in [0.4, 0.5) is 5.69 Å². The van der Waals surface area contributed by atoms with Crippen LogP contribution in [0.2, 0.25) is 5.02 Å². The van der Waals surface area contributed by atoms with E-state index in [1.807, 2.05) is 6.92 Å². The zero-order chi connectivity index (χ0) is 28.4. The van der Waals surface area contributed by atoms with Crippen molar-refractivity contribution in [2.24, 2.45) is 0 Å². The molecule has 0 aromatic heterocycles. The van der Waals surface area contributed by atoms with Gasteiger partial charge in [-0.05, 0) is 55.3 Å². The first-order chi connectivity index (χ1) is 18.7. The van der Waals surface area contributed by atoms with Gasteiger partial charge in [0, 0.05) is 13.1 Å². The van der Waals surface area contributed by atoms with Gasteiger partial charge in [-0.15, -0.1) is 0 Å². The van der Waals surface area contributed by atoms with Crippen LogP contribution in [-0.2, 0) is 26.2 Å². The molecule has 0 aliphatic rings. The van der Waals surface area contributed by atoms with Crippen molar-refractivity contribution >= 4 is 39.1 Å². The quantitative estimate of drug-likeness (QED) is 0.295. The lowest BCUT2D eigenvalue weighted by Gasteiger charge is -2.32. The number of rotatable bonds is 13. The molecule has 208 valence electrons. The van der Waals surface area contributed by atoms with Gasteiger partial charge in [0.15, 0.2) is 0 Å². The number of sulfonamides is 1. The van der Waals surface area contributed by atoms with Crippen molar-refractivity contribution in [1.82, 2.24) is 10.2 Å². The zero-order valence-corrected chi connectivity index (χ0v) is 23.9. The molecule has 39 heavy (non-hydrogen) atoms. The second-order valence-electron chi connectivity index (χ2n) is 8.97. The van der Waals surface area contributed by atoms with Crippen molar-refractivity contribution in [3.05, 3.63) is 89.4 Å². The molecule has 0 saturated heterocycles. The molecular weight excluding hydrogens is 538 g/mol. The summed E-state index contributed by atoms with van der Waals surface area (Å²) in [6.07, 6.45) is 1.72. The second kappa shape index (κ2) is 14.0. The van der Waals surface area contributed by atoms with E-state index in [1.165, 1.54) is 17.0 Å². The van der Waals surface area contributed by atoms with Crippen molar-refractivity contribution in [2.45, 2.75) is 44.2 Å². The molecule has 0 unspecified atom stereocenters. The maximum Gasteiger partial charge on any atom is 0.264 e. The Bertz CT molecular complexity index is 1350. The Labute approximate surface area is 235 Å². The Hall–Kier alpha value is -3.56. The summed E-state index contributed by atoms with van der Waals surface area (Å²) in [6.45, 7) is 3.68. The molecule has 0 bridgehead atoms. The topological polar surface area (TPSA) is 96.0 Å². The number of nitrogens with one attached hydrogen (secondary N) is 1. The highest BCUT2D eigenvalue weighted by molar-refractivity contribution is 7.92. The number of amides is 2. The highest BCUT2D eigenvalue weighted by atomic mass is 35.5. The van der Waals surface area contributed by atoms with E-state index in [1.54, 1.807) is 80.8 Å². The van der Waals surface area contributed by atoms with E-state index in [-0.39, 0.29) is 28.1 Å².